The number of benzene rings is 5. The molecule has 0 atom stereocenters. The molecule has 180 valence electrons. The molecular formula is C34H24N4. The van der Waals surface area contributed by atoms with Crippen molar-refractivity contribution in [3.63, 3.8) is 0 Å². The Hall–Kier alpha value is -5.09. The third-order valence-electron chi connectivity index (χ3n) is 6.91. The van der Waals surface area contributed by atoms with Gasteiger partial charge >= 0.3 is 0 Å². The van der Waals surface area contributed by atoms with Crippen LogP contribution in [-0.2, 0) is 0 Å². The third-order valence-corrected chi connectivity index (χ3v) is 6.91. The average molecular weight is 489 g/mol. The summed E-state index contributed by atoms with van der Waals surface area (Å²) in [6.45, 7) is 2.14. The van der Waals surface area contributed by atoms with E-state index in [0.717, 1.165) is 33.4 Å². The molecule has 4 nitrogen and oxygen atoms in total. The zero-order chi connectivity index (χ0) is 25.5. The first-order valence-electron chi connectivity index (χ1n) is 12.7. The van der Waals surface area contributed by atoms with Crippen LogP contribution in [0.1, 0.15) is 5.56 Å². The largest absolute Gasteiger partial charge is 0.309 e. The number of aromatic nitrogens is 4. The van der Waals surface area contributed by atoms with Gasteiger partial charge in [-0.3, -0.25) is 0 Å². The Bertz CT molecular complexity index is 1860. The van der Waals surface area contributed by atoms with Crippen LogP contribution in [0.5, 0.6) is 0 Å². The van der Waals surface area contributed by atoms with Crippen molar-refractivity contribution in [1.82, 2.24) is 19.5 Å². The van der Waals surface area contributed by atoms with Gasteiger partial charge in [0, 0.05) is 27.5 Å². The molecule has 0 radical (unpaired) electrons. The summed E-state index contributed by atoms with van der Waals surface area (Å²) in [4.78, 5) is 14.9. The van der Waals surface area contributed by atoms with Gasteiger partial charge in [-0.25, -0.2) is 15.0 Å². The minimum atomic E-state index is 0.645. The van der Waals surface area contributed by atoms with Crippen LogP contribution in [0.25, 0.3) is 61.7 Å². The molecule has 0 aliphatic heterocycles. The van der Waals surface area contributed by atoms with E-state index >= 15 is 0 Å². The highest BCUT2D eigenvalue weighted by Crippen LogP contribution is 2.36. The van der Waals surface area contributed by atoms with Crippen LogP contribution in [0.15, 0.2) is 127 Å². The second-order valence-corrected chi connectivity index (χ2v) is 9.43. The lowest BCUT2D eigenvalue weighted by Gasteiger charge is -2.14. The van der Waals surface area contributed by atoms with Crippen molar-refractivity contribution in [3.05, 3.63) is 133 Å². The predicted molar refractivity (Wildman–Crippen MR) is 155 cm³/mol. The summed E-state index contributed by atoms with van der Waals surface area (Å²) in [5.41, 5.74) is 7.45. The Morgan fingerprint density at radius 2 is 1.03 bits per heavy atom. The topological polar surface area (TPSA) is 43.6 Å². The first kappa shape index (κ1) is 22.1. The summed E-state index contributed by atoms with van der Waals surface area (Å²) < 4.78 is 2.33. The molecule has 5 aromatic carbocycles. The Kier molecular flexibility index (Phi) is 5.30. The van der Waals surface area contributed by atoms with E-state index in [1.807, 2.05) is 66.7 Å². The molecule has 38 heavy (non-hydrogen) atoms. The third kappa shape index (κ3) is 3.75. The van der Waals surface area contributed by atoms with Gasteiger partial charge in [-0.15, -0.1) is 0 Å². The van der Waals surface area contributed by atoms with Gasteiger partial charge in [0.15, 0.2) is 17.5 Å². The number of fused-ring (bicyclic) bond motifs is 3. The molecule has 0 bridgehead atoms. The van der Waals surface area contributed by atoms with E-state index in [4.69, 9.17) is 15.0 Å². The number of para-hydroxylation sites is 2. The zero-order valence-corrected chi connectivity index (χ0v) is 20.9. The maximum atomic E-state index is 5.01. The van der Waals surface area contributed by atoms with Crippen molar-refractivity contribution in [2.75, 3.05) is 0 Å². The quantitative estimate of drug-likeness (QED) is 0.250. The molecule has 0 amide bonds. The maximum Gasteiger partial charge on any atom is 0.166 e. The molecule has 7 rings (SSSR count). The fourth-order valence-electron chi connectivity index (χ4n) is 5.13. The summed E-state index contributed by atoms with van der Waals surface area (Å²) in [5, 5.41) is 2.47. The fourth-order valence-corrected chi connectivity index (χ4v) is 5.13. The normalized spacial score (nSPS) is 11.3. The summed E-state index contributed by atoms with van der Waals surface area (Å²) in [5.74, 6) is 1.95. The first-order chi connectivity index (χ1) is 18.8. The van der Waals surface area contributed by atoms with Crippen LogP contribution >= 0.6 is 0 Å². The number of rotatable bonds is 4. The van der Waals surface area contributed by atoms with Crippen molar-refractivity contribution in [2.45, 2.75) is 6.92 Å². The van der Waals surface area contributed by atoms with Crippen molar-refractivity contribution < 1.29 is 0 Å². The van der Waals surface area contributed by atoms with Crippen LogP contribution in [0.2, 0.25) is 0 Å². The van der Waals surface area contributed by atoms with Gasteiger partial charge in [-0.1, -0.05) is 103 Å². The molecule has 2 heterocycles. The van der Waals surface area contributed by atoms with Crippen molar-refractivity contribution in [3.8, 4) is 39.9 Å². The molecule has 0 fully saturated rings. The summed E-state index contributed by atoms with van der Waals surface area (Å²) in [6.07, 6.45) is 0. The van der Waals surface area contributed by atoms with Crippen molar-refractivity contribution in [2.24, 2.45) is 0 Å². The monoisotopic (exact) mass is 488 g/mol. The van der Waals surface area contributed by atoms with Gasteiger partial charge in [-0.2, -0.15) is 0 Å². The van der Waals surface area contributed by atoms with Gasteiger partial charge in [0.05, 0.1) is 16.7 Å². The van der Waals surface area contributed by atoms with E-state index in [1.165, 1.54) is 16.3 Å². The zero-order valence-electron chi connectivity index (χ0n) is 20.9. The lowest BCUT2D eigenvalue weighted by atomic mass is 10.1. The fraction of sp³-hybridized carbons (Fsp3) is 0.0294. The Morgan fingerprint density at radius 1 is 0.474 bits per heavy atom. The average Bonchev–Trinajstić information content (AvgIpc) is 3.31. The van der Waals surface area contributed by atoms with E-state index in [1.54, 1.807) is 0 Å². The van der Waals surface area contributed by atoms with Gasteiger partial charge in [0.1, 0.15) is 0 Å². The molecule has 2 aromatic heterocycles. The van der Waals surface area contributed by atoms with Crippen LogP contribution in [0, 0.1) is 6.92 Å². The number of aryl methyl sites for hydroxylation is 1. The second kappa shape index (κ2) is 9.09. The molecule has 0 N–H and O–H groups in total. The Balaban J connectivity index is 1.52. The van der Waals surface area contributed by atoms with Crippen LogP contribution in [0.3, 0.4) is 0 Å². The highest BCUT2D eigenvalue weighted by atomic mass is 15.0. The molecular weight excluding hydrogens is 464 g/mol. The lowest BCUT2D eigenvalue weighted by molar-refractivity contribution is 1.06. The highest BCUT2D eigenvalue weighted by Gasteiger charge is 2.18. The first-order valence-corrected chi connectivity index (χ1v) is 12.7. The lowest BCUT2D eigenvalue weighted by Crippen LogP contribution is -2.03. The molecule has 7 aromatic rings. The summed E-state index contributed by atoms with van der Waals surface area (Å²) in [7, 11) is 0. The van der Waals surface area contributed by atoms with Gasteiger partial charge < -0.3 is 4.57 Å². The van der Waals surface area contributed by atoms with Crippen LogP contribution in [0.4, 0.5) is 0 Å². The number of hydrogen-bond acceptors (Lipinski definition) is 3. The smallest absolute Gasteiger partial charge is 0.166 e. The standard InChI is InChI=1S/C34H24N4/c1-23-20-21-31-28(22-23)26-16-8-10-18-29(26)38(31)30-19-11-9-17-27(30)34-36-32(24-12-4-2-5-13-24)35-33(37-34)25-14-6-3-7-15-25/h2-22H,1H3. The molecule has 0 unspecified atom stereocenters. The molecule has 4 heteroatoms. The van der Waals surface area contributed by atoms with Gasteiger partial charge in [-0.05, 0) is 37.3 Å². The van der Waals surface area contributed by atoms with E-state index in [0.29, 0.717) is 17.5 Å². The maximum absolute atomic E-state index is 5.01. The number of hydrogen-bond donors (Lipinski definition) is 0. The molecule has 0 saturated carbocycles. The van der Waals surface area contributed by atoms with Crippen molar-refractivity contribution >= 4 is 21.8 Å². The Labute approximate surface area is 220 Å². The minimum Gasteiger partial charge on any atom is -0.309 e. The minimum absolute atomic E-state index is 0.645. The van der Waals surface area contributed by atoms with E-state index in [2.05, 4.69) is 72.2 Å². The molecule has 0 spiro atoms. The van der Waals surface area contributed by atoms with E-state index in [9.17, 15) is 0 Å². The predicted octanol–water partition coefficient (Wildman–Crippen LogP) is 8.28. The van der Waals surface area contributed by atoms with Crippen LogP contribution < -0.4 is 0 Å². The van der Waals surface area contributed by atoms with Crippen molar-refractivity contribution in [1.29, 1.82) is 0 Å². The number of nitrogens with zero attached hydrogens (tertiary/aromatic N) is 4. The highest BCUT2D eigenvalue weighted by molar-refractivity contribution is 6.09. The SMILES string of the molecule is Cc1ccc2c(c1)c1ccccc1n2-c1ccccc1-c1nc(-c2ccccc2)nc(-c2ccccc2)n1. The molecule has 0 aliphatic rings. The van der Waals surface area contributed by atoms with E-state index in [-0.39, 0.29) is 0 Å². The second-order valence-electron chi connectivity index (χ2n) is 9.43. The Morgan fingerprint density at radius 3 is 1.74 bits per heavy atom. The van der Waals surface area contributed by atoms with Crippen LogP contribution in [-0.4, -0.2) is 19.5 Å². The van der Waals surface area contributed by atoms with Gasteiger partial charge in [0.25, 0.3) is 0 Å². The molecule has 0 saturated heterocycles. The summed E-state index contributed by atoms with van der Waals surface area (Å²) in [6, 6.07) is 43.8. The summed E-state index contributed by atoms with van der Waals surface area (Å²) >= 11 is 0. The van der Waals surface area contributed by atoms with Gasteiger partial charge in [0.2, 0.25) is 0 Å². The molecule has 0 aliphatic carbocycles. The van der Waals surface area contributed by atoms with E-state index < -0.39 is 0 Å².